The minimum Gasteiger partial charge on any atom is -0.494 e. The minimum absolute atomic E-state index is 0.132. The zero-order valence-corrected chi connectivity index (χ0v) is 18.1. The van der Waals surface area contributed by atoms with Crippen LogP contribution in [0.3, 0.4) is 0 Å². The quantitative estimate of drug-likeness (QED) is 0.544. The Morgan fingerprint density at radius 1 is 1.03 bits per heavy atom. The number of thiophene rings is 1. The lowest BCUT2D eigenvalue weighted by atomic mass is 10.1. The Morgan fingerprint density at radius 2 is 1.91 bits per heavy atom. The number of rotatable bonds is 7. The van der Waals surface area contributed by atoms with Gasteiger partial charge in [0, 0.05) is 16.6 Å². The molecular weight excluding hydrogens is 428 g/mol. The largest absolute Gasteiger partial charge is 0.494 e. The number of benzene rings is 2. The lowest BCUT2D eigenvalue weighted by Crippen LogP contribution is -2.31. The number of carbonyl (C=O) groups is 2. The zero-order chi connectivity index (χ0) is 22.1. The highest BCUT2D eigenvalue weighted by molar-refractivity contribution is 7.11. The lowest BCUT2D eigenvalue weighted by molar-refractivity contribution is -0.137. The SMILES string of the molecule is CCOc1cccc(NC2=C(c3cccs3)C(=O)N(Cc3ccc4c(c3)OCO4)C2=O)c1. The standard InChI is InChI=1S/C24H20N2O5S/c1-2-29-17-6-3-5-16(12-17)25-22-21(20-7-4-10-32-20)23(27)26(24(22)28)13-15-8-9-18-19(11-15)31-14-30-18/h3-12,25H,2,13-14H2,1H3. The van der Waals surface area contributed by atoms with E-state index in [4.69, 9.17) is 14.2 Å². The smallest absolute Gasteiger partial charge is 0.278 e. The zero-order valence-electron chi connectivity index (χ0n) is 17.3. The van der Waals surface area contributed by atoms with Crippen molar-refractivity contribution in [2.24, 2.45) is 0 Å². The van der Waals surface area contributed by atoms with Crippen molar-refractivity contribution in [3.05, 3.63) is 76.1 Å². The average molecular weight is 449 g/mol. The van der Waals surface area contributed by atoms with Crippen molar-refractivity contribution in [1.82, 2.24) is 4.90 Å². The molecule has 0 saturated carbocycles. The molecular formula is C24H20N2O5S. The number of nitrogens with one attached hydrogen (secondary N) is 1. The van der Waals surface area contributed by atoms with Crippen LogP contribution in [0.2, 0.25) is 0 Å². The van der Waals surface area contributed by atoms with Crippen LogP contribution in [0.25, 0.3) is 5.57 Å². The molecule has 2 aliphatic rings. The van der Waals surface area contributed by atoms with Crippen molar-refractivity contribution in [3.63, 3.8) is 0 Å². The molecule has 8 heteroatoms. The fraction of sp³-hybridized carbons (Fsp3) is 0.167. The number of fused-ring (bicyclic) bond motifs is 1. The summed E-state index contributed by atoms with van der Waals surface area (Å²) in [4.78, 5) is 28.7. The summed E-state index contributed by atoms with van der Waals surface area (Å²) in [6, 6.07) is 16.4. The Morgan fingerprint density at radius 3 is 2.72 bits per heavy atom. The third-order valence-electron chi connectivity index (χ3n) is 5.13. The van der Waals surface area contributed by atoms with Crippen molar-refractivity contribution >= 4 is 34.4 Å². The minimum atomic E-state index is -0.377. The van der Waals surface area contributed by atoms with Crippen LogP contribution >= 0.6 is 11.3 Å². The van der Waals surface area contributed by atoms with Crippen LogP contribution in [0.1, 0.15) is 17.4 Å². The number of ether oxygens (including phenoxy) is 3. The van der Waals surface area contributed by atoms with Gasteiger partial charge in [-0.3, -0.25) is 14.5 Å². The van der Waals surface area contributed by atoms with Gasteiger partial charge in [0.05, 0.1) is 18.7 Å². The molecule has 3 aromatic rings. The van der Waals surface area contributed by atoms with Crippen molar-refractivity contribution in [1.29, 1.82) is 0 Å². The van der Waals surface area contributed by atoms with E-state index in [0.717, 1.165) is 10.4 Å². The third-order valence-corrected chi connectivity index (χ3v) is 6.02. The number of anilines is 1. The molecule has 1 aromatic heterocycles. The summed E-state index contributed by atoms with van der Waals surface area (Å²) in [5.74, 6) is 1.24. The first-order valence-corrected chi connectivity index (χ1v) is 11.0. The van der Waals surface area contributed by atoms with E-state index in [0.29, 0.717) is 35.1 Å². The van der Waals surface area contributed by atoms with E-state index in [9.17, 15) is 9.59 Å². The molecule has 0 spiro atoms. The van der Waals surface area contributed by atoms with E-state index in [1.165, 1.54) is 16.2 Å². The molecule has 0 fully saturated rings. The van der Waals surface area contributed by atoms with Crippen molar-refractivity contribution in [2.45, 2.75) is 13.5 Å². The van der Waals surface area contributed by atoms with Gasteiger partial charge in [-0.15, -0.1) is 11.3 Å². The van der Waals surface area contributed by atoms with Gasteiger partial charge >= 0.3 is 0 Å². The van der Waals surface area contributed by atoms with Crippen LogP contribution in [0.15, 0.2) is 65.7 Å². The normalized spacial score (nSPS) is 15.0. The lowest BCUT2D eigenvalue weighted by Gasteiger charge is -2.16. The second kappa shape index (κ2) is 8.39. The van der Waals surface area contributed by atoms with Gasteiger partial charge in [-0.05, 0) is 48.2 Å². The molecule has 2 amide bonds. The first-order valence-electron chi connectivity index (χ1n) is 10.2. The van der Waals surface area contributed by atoms with Crippen LogP contribution < -0.4 is 19.5 Å². The summed E-state index contributed by atoms with van der Waals surface area (Å²) in [5, 5.41) is 5.05. The summed E-state index contributed by atoms with van der Waals surface area (Å²) in [6.45, 7) is 2.74. The molecule has 7 nitrogen and oxygen atoms in total. The Kier molecular flexibility index (Phi) is 5.28. The fourth-order valence-corrected chi connectivity index (χ4v) is 4.45. The summed E-state index contributed by atoms with van der Waals surface area (Å²) < 4.78 is 16.3. The molecule has 0 aliphatic carbocycles. The number of carbonyl (C=O) groups excluding carboxylic acids is 2. The van der Waals surface area contributed by atoms with E-state index in [-0.39, 0.29) is 30.8 Å². The molecule has 5 rings (SSSR count). The van der Waals surface area contributed by atoms with Crippen molar-refractivity contribution < 1.29 is 23.8 Å². The molecule has 0 radical (unpaired) electrons. The van der Waals surface area contributed by atoms with Crippen molar-refractivity contribution in [3.8, 4) is 17.2 Å². The van der Waals surface area contributed by atoms with Crippen molar-refractivity contribution in [2.75, 3.05) is 18.7 Å². The predicted molar refractivity (Wildman–Crippen MR) is 121 cm³/mol. The van der Waals surface area contributed by atoms with E-state index >= 15 is 0 Å². The number of amides is 2. The monoisotopic (exact) mass is 448 g/mol. The van der Waals surface area contributed by atoms with E-state index in [1.807, 2.05) is 48.7 Å². The second-order valence-corrected chi connectivity index (χ2v) is 8.14. The Labute approximate surface area is 188 Å². The van der Waals surface area contributed by atoms with E-state index < -0.39 is 0 Å². The summed E-state index contributed by atoms with van der Waals surface area (Å²) >= 11 is 1.42. The first kappa shape index (κ1) is 20.1. The van der Waals surface area contributed by atoms with Gasteiger partial charge in [0.1, 0.15) is 11.4 Å². The summed E-state index contributed by atoms with van der Waals surface area (Å²) in [5.41, 5.74) is 2.08. The maximum atomic E-state index is 13.4. The molecule has 2 aromatic carbocycles. The molecule has 0 unspecified atom stereocenters. The topological polar surface area (TPSA) is 77.1 Å². The van der Waals surface area contributed by atoms with Crippen LogP contribution in [0.4, 0.5) is 5.69 Å². The Balaban J connectivity index is 1.46. The Hall–Kier alpha value is -3.78. The number of hydrogen-bond acceptors (Lipinski definition) is 7. The van der Waals surface area contributed by atoms with Crippen LogP contribution in [0, 0.1) is 0 Å². The summed E-state index contributed by atoms with van der Waals surface area (Å²) in [7, 11) is 0. The first-order chi connectivity index (χ1) is 15.6. The average Bonchev–Trinajstić information content (AvgIpc) is 3.52. The van der Waals surface area contributed by atoms with Gasteiger partial charge in [-0.2, -0.15) is 0 Å². The van der Waals surface area contributed by atoms with Gasteiger partial charge in [0.15, 0.2) is 11.5 Å². The van der Waals surface area contributed by atoms with Gasteiger partial charge < -0.3 is 19.5 Å². The maximum Gasteiger partial charge on any atom is 0.278 e. The molecule has 1 N–H and O–H groups in total. The highest BCUT2D eigenvalue weighted by Gasteiger charge is 2.39. The third kappa shape index (κ3) is 3.69. The number of hydrogen-bond donors (Lipinski definition) is 1. The molecule has 3 heterocycles. The highest BCUT2D eigenvalue weighted by Crippen LogP contribution is 2.36. The number of nitrogens with zero attached hydrogens (tertiary/aromatic N) is 1. The molecule has 0 bridgehead atoms. The van der Waals surface area contributed by atoms with Crippen LogP contribution in [0.5, 0.6) is 17.2 Å². The van der Waals surface area contributed by atoms with Crippen LogP contribution in [-0.4, -0.2) is 30.1 Å². The second-order valence-electron chi connectivity index (χ2n) is 7.20. The molecule has 0 atom stereocenters. The predicted octanol–water partition coefficient (Wildman–Crippen LogP) is 4.27. The summed E-state index contributed by atoms with van der Waals surface area (Å²) in [6.07, 6.45) is 0. The molecule has 32 heavy (non-hydrogen) atoms. The van der Waals surface area contributed by atoms with Gasteiger partial charge in [0.2, 0.25) is 6.79 Å². The maximum absolute atomic E-state index is 13.4. The Bertz CT molecular complexity index is 1220. The van der Waals surface area contributed by atoms with E-state index in [1.54, 1.807) is 18.2 Å². The van der Waals surface area contributed by atoms with Gasteiger partial charge in [0.25, 0.3) is 11.8 Å². The van der Waals surface area contributed by atoms with Gasteiger partial charge in [-0.1, -0.05) is 18.2 Å². The highest BCUT2D eigenvalue weighted by atomic mass is 32.1. The molecule has 162 valence electrons. The van der Waals surface area contributed by atoms with Gasteiger partial charge in [-0.25, -0.2) is 0 Å². The van der Waals surface area contributed by atoms with E-state index in [2.05, 4.69) is 5.32 Å². The number of imide groups is 1. The fourth-order valence-electron chi connectivity index (χ4n) is 3.68. The van der Waals surface area contributed by atoms with Crippen LogP contribution in [-0.2, 0) is 16.1 Å². The molecule has 0 saturated heterocycles. The molecule has 2 aliphatic heterocycles.